The zero-order valence-corrected chi connectivity index (χ0v) is 18.8. The van der Waals surface area contributed by atoms with E-state index in [1.54, 1.807) is 6.07 Å². The van der Waals surface area contributed by atoms with Crippen molar-refractivity contribution in [3.05, 3.63) is 77.7 Å². The van der Waals surface area contributed by atoms with Gasteiger partial charge < -0.3 is 16.2 Å². The molecule has 2 aromatic carbocycles. The SMILES string of the molecule is N[C@@H](CC(=O)Nc1ccc(-c2nc3ccc(C4(c5ccccc5)CC4)nc3s2)c(F)c1)C(=O)O. The number of carbonyl (C=O) groups is 2. The standard InChI is InChI=1S/C25H21FN4O3S/c26-17-12-15(28-21(31)13-18(27)24(32)33)6-7-16(17)22-29-19-8-9-20(30-23(19)34-22)25(10-11-25)14-4-2-1-3-5-14/h1-9,12,18H,10-11,13,27H2,(H,28,31)(H,32,33)/t18-/m0/s1. The molecule has 0 saturated heterocycles. The van der Waals surface area contributed by atoms with Gasteiger partial charge in [0.05, 0.1) is 12.1 Å². The molecule has 0 spiro atoms. The van der Waals surface area contributed by atoms with E-state index < -0.39 is 30.2 Å². The average molecular weight is 477 g/mol. The van der Waals surface area contributed by atoms with E-state index in [-0.39, 0.29) is 11.1 Å². The van der Waals surface area contributed by atoms with E-state index in [0.29, 0.717) is 16.1 Å². The molecule has 1 aliphatic carbocycles. The average Bonchev–Trinajstić information content (AvgIpc) is 3.52. The van der Waals surface area contributed by atoms with Crippen molar-refractivity contribution >= 4 is 39.2 Å². The number of nitrogens with one attached hydrogen (secondary N) is 1. The van der Waals surface area contributed by atoms with Crippen molar-refractivity contribution in [1.82, 2.24) is 9.97 Å². The molecule has 0 unspecified atom stereocenters. The number of carboxylic acids is 1. The minimum absolute atomic E-state index is 0.0616. The Hall–Kier alpha value is -3.69. The highest BCUT2D eigenvalue weighted by atomic mass is 32.1. The lowest BCUT2D eigenvalue weighted by Gasteiger charge is -2.14. The molecular weight excluding hydrogens is 455 g/mol. The molecule has 9 heteroatoms. The first-order chi connectivity index (χ1) is 16.4. The van der Waals surface area contributed by atoms with Crippen molar-refractivity contribution in [1.29, 1.82) is 0 Å². The number of aliphatic carboxylic acids is 1. The Kier molecular flexibility index (Phi) is 5.59. The fourth-order valence-electron chi connectivity index (χ4n) is 4.04. The van der Waals surface area contributed by atoms with Crippen LogP contribution in [0.2, 0.25) is 0 Å². The van der Waals surface area contributed by atoms with E-state index in [4.69, 9.17) is 15.8 Å². The Morgan fingerprint density at radius 3 is 2.56 bits per heavy atom. The number of carboxylic acid groups (broad SMARTS) is 1. The highest BCUT2D eigenvalue weighted by molar-refractivity contribution is 7.21. The van der Waals surface area contributed by atoms with E-state index in [1.807, 2.05) is 30.3 Å². The van der Waals surface area contributed by atoms with Gasteiger partial charge in [-0.05, 0) is 48.7 Å². The van der Waals surface area contributed by atoms with E-state index in [1.165, 1.54) is 29.0 Å². The largest absolute Gasteiger partial charge is 0.480 e. The van der Waals surface area contributed by atoms with E-state index >= 15 is 0 Å². The summed E-state index contributed by atoms with van der Waals surface area (Å²) in [5.74, 6) is -2.44. The second-order valence-corrected chi connectivity index (χ2v) is 9.36. The summed E-state index contributed by atoms with van der Waals surface area (Å²) in [4.78, 5) is 32.9. The van der Waals surface area contributed by atoms with E-state index in [9.17, 15) is 14.0 Å². The topological polar surface area (TPSA) is 118 Å². The van der Waals surface area contributed by atoms with E-state index in [2.05, 4.69) is 22.4 Å². The maximum absolute atomic E-state index is 14.9. The lowest BCUT2D eigenvalue weighted by Crippen LogP contribution is -2.34. The molecule has 7 nitrogen and oxygen atoms in total. The Bertz CT molecular complexity index is 1400. The highest BCUT2D eigenvalue weighted by Crippen LogP contribution is 2.53. The highest BCUT2D eigenvalue weighted by Gasteiger charge is 2.47. The van der Waals surface area contributed by atoms with Crippen molar-refractivity contribution in [2.45, 2.75) is 30.7 Å². The smallest absolute Gasteiger partial charge is 0.321 e. The van der Waals surface area contributed by atoms with Crippen LogP contribution in [-0.4, -0.2) is 33.0 Å². The first-order valence-electron chi connectivity index (χ1n) is 10.8. The van der Waals surface area contributed by atoms with Gasteiger partial charge >= 0.3 is 5.97 Å². The molecule has 172 valence electrons. The van der Waals surface area contributed by atoms with Crippen LogP contribution in [0.4, 0.5) is 10.1 Å². The van der Waals surface area contributed by atoms with Crippen LogP contribution in [0.5, 0.6) is 0 Å². The lowest BCUT2D eigenvalue weighted by atomic mass is 9.92. The number of hydrogen-bond acceptors (Lipinski definition) is 6. The summed E-state index contributed by atoms with van der Waals surface area (Å²) >= 11 is 1.32. The third-order valence-corrected chi connectivity index (χ3v) is 7.03. The monoisotopic (exact) mass is 476 g/mol. The first-order valence-corrected chi connectivity index (χ1v) is 11.6. The molecule has 4 aromatic rings. The number of rotatable bonds is 7. The number of thiazole rings is 1. The maximum Gasteiger partial charge on any atom is 0.321 e. The summed E-state index contributed by atoms with van der Waals surface area (Å²) in [7, 11) is 0. The number of aromatic nitrogens is 2. The van der Waals surface area contributed by atoms with Crippen molar-refractivity contribution in [2.75, 3.05) is 5.32 Å². The number of halogens is 1. The second-order valence-electron chi connectivity index (χ2n) is 8.38. The van der Waals surface area contributed by atoms with Crippen LogP contribution >= 0.6 is 11.3 Å². The van der Waals surface area contributed by atoms with Crippen molar-refractivity contribution in [3.8, 4) is 10.6 Å². The van der Waals surface area contributed by atoms with Crippen LogP contribution < -0.4 is 11.1 Å². The van der Waals surface area contributed by atoms with Gasteiger partial charge in [0.1, 0.15) is 27.2 Å². The minimum Gasteiger partial charge on any atom is -0.480 e. The maximum atomic E-state index is 14.9. The molecule has 5 rings (SSSR count). The van der Waals surface area contributed by atoms with Gasteiger partial charge in [0, 0.05) is 16.7 Å². The number of amides is 1. The summed E-state index contributed by atoms with van der Waals surface area (Å²) < 4.78 is 14.9. The van der Waals surface area contributed by atoms with Crippen LogP contribution in [0.15, 0.2) is 60.7 Å². The van der Waals surface area contributed by atoms with Crippen LogP contribution in [0.3, 0.4) is 0 Å². The van der Waals surface area contributed by atoms with Crippen molar-refractivity contribution < 1.29 is 19.1 Å². The second kappa shape index (κ2) is 8.58. The van der Waals surface area contributed by atoms with Gasteiger partial charge in [0.25, 0.3) is 0 Å². The van der Waals surface area contributed by atoms with Gasteiger partial charge in [-0.3, -0.25) is 9.59 Å². The summed E-state index contributed by atoms with van der Waals surface area (Å²) in [5, 5.41) is 11.8. The van der Waals surface area contributed by atoms with Gasteiger partial charge in [-0.1, -0.05) is 41.7 Å². The summed E-state index contributed by atoms with van der Waals surface area (Å²) in [6.07, 6.45) is 1.68. The number of hydrogen-bond donors (Lipinski definition) is 3. The van der Waals surface area contributed by atoms with Crippen LogP contribution in [0, 0.1) is 5.82 Å². The summed E-state index contributed by atoms with van der Waals surface area (Å²) in [6.45, 7) is 0. The zero-order chi connectivity index (χ0) is 23.9. The number of carbonyl (C=O) groups excluding carboxylic acids is 1. The normalized spacial score (nSPS) is 15.1. The third kappa shape index (κ3) is 4.15. The van der Waals surface area contributed by atoms with Crippen LogP contribution in [-0.2, 0) is 15.0 Å². The summed E-state index contributed by atoms with van der Waals surface area (Å²) in [5.41, 5.74) is 8.77. The number of benzene rings is 2. The van der Waals surface area contributed by atoms with Gasteiger partial charge in [0.2, 0.25) is 5.91 Å². The Morgan fingerprint density at radius 2 is 1.88 bits per heavy atom. The lowest BCUT2D eigenvalue weighted by molar-refractivity contribution is -0.140. The molecule has 2 heterocycles. The summed E-state index contributed by atoms with van der Waals surface area (Å²) in [6, 6.07) is 17.2. The predicted octanol–water partition coefficient (Wildman–Crippen LogP) is 4.32. The van der Waals surface area contributed by atoms with Crippen molar-refractivity contribution in [3.63, 3.8) is 0 Å². The molecule has 1 aliphatic rings. The van der Waals surface area contributed by atoms with Crippen LogP contribution in [0.25, 0.3) is 20.9 Å². The number of pyridine rings is 1. The number of nitrogens with zero attached hydrogens (tertiary/aromatic N) is 2. The fraction of sp³-hybridized carbons (Fsp3) is 0.200. The van der Waals surface area contributed by atoms with Crippen LogP contribution in [0.1, 0.15) is 30.5 Å². The molecule has 34 heavy (non-hydrogen) atoms. The fourth-order valence-corrected chi connectivity index (χ4v) is 5.00. The zero-order valence-electron chi connectivity index (χ0n) is 18.0. The molecule has 0 radical (unpaired) electrons. The molecule has 4 N–H and O–H groups in total. The van der Waals surface area contributed by atoms with Gasteiger partial charge in [0.15, 0.2) is 0 Å². The molecule has 1 saturated carbocycles. The molecule has 2 aromatic heterocycles. The Morgan fingerprint density at radius 1 is 1.12 bits per heavy atom. The van der Waals surface area contributed by atoms with Gasteiger partial charge in [-0.25, -0.2) is 14.4 Å². The Balaban J connectivity index is 1.38. The predicted molar refractivity (Wildman–Crippen MR) is 128 cm³/mol. The molecule has 0 aliphatic heterocycles. The quantitative estimate of drug-likeness (QED) is 0.366. The van der Waals surface area contributed by atoms with Gasteiger partial charge in [-0.15, -0.1) is 0 Å². The minimum atomic E-state index is -1.32. The molecular formula is C25H21FN4O3S. The number of anilines is 1. The molecule has 1 atom stereocenters. The first kappa shape index (κ1) is 22.1. The Labute approximate surface area is 198 Å². The third-order valence-electron chi connectivity index (χ3n) is 6.03. The molecule has 1 fully saturated rings. The number of fused-ring (bicyclic) bond motifs is 1. The van der Waals surface area contributed by atoms with Crippen molar-refractivity contribution in [2.24, 2.45) is 5.73 Å². The van der Waals surface area contributed by atoms with Gasteiger partial charge in [-0.2, -0.15) is 0 Å². The molecule has 1 amide bonds. The van der Waals surface area contributed by atoms with E-state index in [0.717, 1.165) is 23.4 Å². The molecule has 0 bridgehead atoms. The number of nitrogens with two attached hydrogens (primary N) is 1.